The van der Waals surface area contributed by atoms with E-state index in [1.54, 1.807) is 6.20 Å². The molecular weight excluding hydrogens is 250 g/mol. The van der Waals surface area contributed by atoms with Crippen LogP contribution in [-0.2, 0) is 0 Å². The number of rotatable bonds is 7. The van der Waals surface area contributed by atoms with Crippen LogP contribution in [0.2, 0.25) is 0 Å². The topological polar surface area (TPSA) is 54.2 Å². The maximum Gasteiger partial charge on any atom is 0.180 e. The van der Waals surface area contributed by atoms with Gasteiger partial charge in [0.1, 0.15) is 5.82 Å². The number of nitrogens with one attached hydrogen (secondary N) is 2. The molecule has 0 aliphatic heterocycles. The second kappa shape index (κ2) is 6.59. The maximum absolute atomic E-state index is 4.62. The quantitative estimate of drug-likeness (QED) is 0.813. The lowest BCUT2D eigenvalue weighted by atomic mass is 10.0. The van der Waals surface area contributed by atoms with Crippen LogP contribution in [0.25, 0.3) is 5.65 Å². The molecule has 0 aliphatic rings. The highest BCUT2D eigenvalue weighted by molar-refractivity contribution is 5.65. The van der Waals surface area contributed by atoms with Crippen LogP contribution >= 0.6 is 0 Å². The van der Waals surface area contributed by atoms with Gasteiger partial charge in [-0.25, -0.2) is 9.97 Å². The van der Waals surface area contributed by atoms with Crippen molar-refractivity contribution in [2.75, 3.05) is 17.2 Å². The summed E-state index contributed by atoms with van der Waals surface area (Å²) in [7, 11) is 0. The Morgan fingerprint density at radius 3 is 2.75 bits per heavy atom. The summed E-state index contributed by atoms with van der Waals surface area (Å²) in [6, 6.07) is 0.391. The molecule has 0 radical (unpaired) electrons. The summed E-state index contributed by atoms with van der Waals surface area (Å²) in [6.07, 6.45) is 8.07. The zero-order chi connectivity index (χ0) is 14.5. The number of anilines is 2. The summed E-state index contributed by atoms with van der Waals surface area (Å²) in [6.45, 7) is 9.63. The minimum absolute atomic E-state index is 0.391. The van der Waals surface area contributed by atoms with Crippen LogP contribution in [0.4, 0.5) is 11.6 Å². The van der Waals surface area contributed by atoms with Crippen molar-refractivity contribution in [2.45, 2.75) is 46.6 Å². The second-order valence-electron chi connectivity index (χ2n) is 5.68. The highest BCUT2D eigenvalue weighted by atomic mass is 15.1. The highest BCUT2D eigenvalue weighted by Gasteiger charge is 2.10. The first-order valence-corrected chi connectivity index (χ1v) is 7.44. The summed E-state index contributed by atoms with van der Waals surface area (Å²) in [5.41, 5.74) is 0.878. The number of hydrogen-bond acceptors (Lipinski definition) is 4. The van der Waals surface area contributed by atoms with E-state index in [1.807, 2.05) is 16.8 Å². The smallest absolute Gasteiger partial charge is 0.180 e. The van der Waals surface area contributed by atoms with Crippen molar-refractivity contribution in [1.82, 2.24) is 14.4 Å². The summed E-state index contributed by atoms with van der Waals surface area (Å²) in [5, 5.41) is 6.74. The zero-order valence-corrected chi connectivity index (χ0v) is 12.8. The van der Waals surface area contributed by atoms with Gasteiger partial charge in [-0.1, -0.05) is 13.8 Å². The van der Waals surface area contributed by atoms with Crippen molar-refractivity contribution >= 4 is 17.3 Å². The summed E-state index contributed by atoms with van der Waals surface area (Å²) >= 11 is 0. The van der Waals surface area contributed by atoms with Crippen LogP contribution in [0.3, 0.4) is 0 Å². The van der Waals surface area contributed by atoms with Crippen LogP contribution in [0, 0.1) is 5.92 Å². The Bertz CT molecular complexity index is 546. The zero-order valence-electron chi connectivity index (χ0n) is 12.8. The lowest BCUT2D eigenvalue weighted by Crippen LogP contribution is -2.18. The maximum atomic E-state index is 4.62. The fourth-order valence-electron chi connectivity index (χ4n) is 2.18. The fourth-order valence-corrected chi connectivity index (χ4v) is 2.18. The molecule has 0 fully saturated rings. The third-order valence-electron chi connectivity index (χ3n) is 3.29. The average molecular weight is 275 g/mol. The number of aromatic nitrogens is 3. The molecule has 0 saturated carbocycles. The van der Waals surface area contributed by atoms with Gasteiger partial charge in [-0.2, -0.15) is 0 Å². The van der Waals surface area contributed by atoms with E-state index < -0.39 is 0 Å². The molecule has 2 rings (SSSR count). The lowest BCUT2D eigenvalue weighted by molar-refractivity contribution is 0.527. The van der Waals surface area contributed by atoms with Gasteiger partial charge in [-0.15, -0.1) is 0 Å². The van der Waals surface area contributed by atoms with Crippen LogP contribution in [0.5, 0.6) is 0 Å². The molecule has 20 heavy (non-hydrogen) atoms. The summed E-state index contributed by atoms with van der Waals surface area (Å²) < 4.78 is 2.00. The van der Waals surface area contributed by atoms with Gasteiger partial charge in [0.25, 0.3) is 0 Å². The molecule has 110 valence electrons. The molecule has 5 nitrogen and oxygen atoms in total. The van der Waals surface area contributed by atoms with Crippen LogP contribution in [-0.4, -0.2) is 27.0 Å². The third-order valence-corrected chi connectivity index (χ3v) is 3.29. The Morgan fingerprint density at radius 1 is 1.25 bits per heavy atom. The monoisotopic (exact) mass is 275 g/mol. The molecular formula is C15H25N5. The highest BCUT2D eigenvalue weighted by Crippen LogP contribution is 2.18. The molecule has 0 saturated heterocycles. The van der Waals surface area contributed by atoms with Crippen molar-refractivity contribution in [1.29, 1.82) is 0 Å². The van der Waals surface area contributed by atoms with E-state index in [1.165, 1.54) is 6.42 Å². The van der Waals surface area contributed by atoms with Crippen molar-refractivity contribution < 1.29 is 0 Å². The first-order valence-electron chi connectivity index (χ1n) is 7.44. The second-order valence-corrected chi connectivity index (χ2v) is 5.68. The van der Waals surface area contributed by atoms with Gasteiger partial charge in [0.2, 0.25) is 0 Å². The molecule has 0 aromatic carbocycles. The van der Waals surface area contributed by atoms with Crippen LogP contribution in [0.15, 0.2) is 18.6 Å². The lowest BCUT2D eigenvalue weighted by Gasteiger charge is -2.17. The molecule has 2 aromatic rings. The van der Waals surface area contributed by atoms with Crippen LogP contribution < -0.4 is 10.6 Å². The van der Waals surface area contributed by atoms with Gasteiger partial charge < -0.3 is 15.0 Å². The van der Waals surface area contributed by atoms with Gasteiger partial charge in [-0.3, -0.25) is 0 Å². The number of imidazole rings is 1. The van der Waals surface area contributed by atoms with Gasteiger partial charge in [0, 0.05) is 25.0 Å². The van der Waals surface area contributed by atoms with Crippen molar-refractivity contribution in [3.05, 3.63) is 18.6 Å². The molecule has 5 heteroatoms. The number of fused-ring (bicyclic) bond motifs is 1. The minimum atomic E-state index is 0.391. The Balaban J connectivity index is 2.16. The Kier molecular flexibility index (Phi) is 4.82. The van der Waals surface area contributed by atoms with Gasteiger partial charge in [-0.05, 0) is 32.6 Å². The Hall–Kier alpha value is -1.78. The molecule has 0 aliphatic carbocycles. The van der Waals surface area contributed by atoms with Gasteiger partial charge in [0.05, 0.1) is 6.20 Å². The molecule has 0 bridgehead atoms. The van der Waals surface area contributed by atoms with E-state index in [4.69, 9.17) is 0 Å². The van der Waals surface area contributed by atoms with Gasteiger partial charge in [0.15, 0.2) is 11.5 Å². The Morgan fingerprint density at radius 2 is 2.05 bits per heavy atom. The largest absolute Gasteiger partial charge is 0.369 e. The Labute approximate surface area is 120 Å². The molecule has 2 heterocycles. The van der Waals surface area contributed by atoms with E-state index in [9.17, 15) is 0 Å². The van der Waals surface area contributed by atoms with E-state index >= 15 is 0 Å². The molecule has 0 amide bonds. The van der Waals surface area contributed by atoms with Crippen molar-refractivity contribution in [3.63, 3.8) is 0 Å². The fraction of sp³-hybridized carbons (Fsp3) is 0.600. The summed E-state index contributed by atoms with van der Waals surface area (Å²) in [4.78, 5) is 9.00. The van der Waals surface area contributed by atoms with E-state index in [-0.39, 0.29) is 0 Å². The average Bonchev–Trinajstić information content (AvgIpc) is 2.85. The molecule has 1 atom stereocenters. The van der Waals surface area contributed by atoms with E-state index in [0.29, 0.717) is 6.04 Å². The third kappa shape index (κ3) is 3.62. The molecule has 2 N–H and O–H groups in total. The van der Waals surface area contributed by atoms with Crippen molar-refractivity contribution in [3.8, 4) is 0 Å². The normalized spacial score (nSPS) is 12.8. The molecule has 1 unspecified atom stereocenters. The van der Waals surface area contributed by atoms with Crippen molar-refractivity contribution in [2.24, 2.45) is 5.92 Å². The predicted molar refractivity (Wildman–Crippen MR) is 84.3 cm³/mol. The first kappa shape index (κ1) is 14.6. The number of hydrogen-bond donors (Lipinski definition) is 2. The van der Waals surface area contributed by atoms with Gasteiger partial charge >= 0.3 is 0 Å². The minimum Gasteiger partial charge on any atom is -0.369 e. The van der Waals surface area contributed by atoms with E-state index in [0.717, 1.165) is 36.2 Å². The first-order chi connectivity index (χ1) is 9.60. The standard InChI is InChI=1S/C15H25N5/c1-5-16-13-10-20-9-8-17-15(20)14(19-13)18-12(4)7-6-11(2)3/h8-12,16H,5-7H2,1-4H3,(H,18,19). The van der Waals surface area contributed by atoms with Crippen LogP contribution in [0.1, 0.15) is 40.5 Å². The SMILES string of the molecule is CCNc1cn2ccnc2c(NC(C)CCC(C)C)n1. The molecule has 0 spiro atoms. The molecule has 2 aromatic heterocycles. The predicted octanol–water partition coefficient (Wildman–Crippen LogP) is 3.40. The summed E-state index contributed by atoms with van der Waals surface area (Å²) in [5.74, 6) is 2.45. The number of nitrogens with zero attached hydrogens (tertiary/aromatic N) is 3. The van der Waals surface area contributed by atoms with E-state index in [2.05, 4.69) is 48.3 Å².